The molecule has 2 saturated heterocycles. The molecule has 4 aliphatic rings. The van der Waals surface area contributed by atoms with E-state index in [0.717, 1.165) is 76.0 Å². The molecule has 0 spiro atoms. The number of hydrogen-bond acceptors (Lipinski definition) is 7. The van der Waals surface area contributed by atoms with Crippen molar-refractivity contribution in [1.29, 1.82) is 0 Å². The van der Waals surface area contributed by atoms with Gasteiger partial charge in [0.1, 0.15) is 5.82 Å². The van der Waals surface area contributed by atoms with E-state index in [1.165, 1.54) is 55.2 Å². The van der Waals surface area contributed by atoms with Gasteiger partial charge in [0.05, 0.1) is 23.9 Å². The summed E-state index contributed by atoms with van der Waals surface area (Å²) in [6.07, 6.45) is 19.4. The largest absolute Gasteiger partial charge is 0.481 e. The lowest BCUT2D eigenvalue weighted by atomic mass is 9.78. The monoisotopic (exact) mass is 653 g/mol. The van der Waals surface area contributed by atoms with E-state index < -0.39 is 5.97 Å². The molecule has 2 bridgehead atoms. The lowest BCUT2D eigenvalue weighted by Gasteiger charge is -2.47. The summed E-state index contributed by atoms with van der Waals surface area (Å²) in [6.45, 7) is 6.18. The average Bonchev–Trinajstić information content (AvgIpc) is 3.60. The van der Waals surface area contributed by atoms with E-state index in [-0.39, 0.29) is 18.0 Å². The van der Waals surface area contributed by atoms with E-state index in [9.17, 15) is 9.90 Å². The predicted octanol–water partition coefficient (Wildman–Crippen LogP) is 7.61. The van der Waals surface area contributed by atoms with Crippen LogP contribution in [0.4, 0.5) is 11.8 Å². The van der Waals surface area contributed by atoms with Crippen molar-refractivity contribution in [3.8, 4) is 0 Å². The Morgan fingerprint density at radius 2 is 1.67 bits per heavy atom. The molecule has 4 heterocycles. The zero-order valence-electron chi connectivity index (χ0n) is 29.0. The molecule has 2 aromatic heterocycles. The third-order valence-corrected chi connectivity index (χ3v) is 12.2. The van der Waals surface area contributed by atoms with Crippen LogP contribution in [0.5, 0.6) is 0 Å². The first-order valence-corrected chi connectivity index (χ1v) is 19.0. The van der Waals surface area contributed by atoms with Crippen LogP contribution in [-0.4, -0.2) is 60.4 Å². The summed E-state index contributed by atoms with van der Waals surface area (Å²) < 4.78 is 2.04. The Morgan fingerprint density at radius 3 is 2.31 bits per heavy atom. The van der Waals surface area contributed by atoms with E-state index in [1.54, 1.807) is 0 Å². The number of piperidine rings is 2. The lowest BCUT2D eigenvalue weighted by molar-refractivity contribution is -0.143. The van der Waals surface area contributed by atoms with Gasteiger partial charge in [0.15, 0.2) is 0 Å². The van der Waals surface area contributed by atoms with E-state index in [1.807, 2.05) is 4.68 Å². The summed E-state index contributed by atoms with van der Waals surface area (Å²) in [4.78, 5) is 25.0. The van der Waals surface area contributed by atoms with Crippen molar-refractivity contribution in [3.05, 3.63) is 65.1 Å². The van der Waals surface area contributed by atoms with Crippen LogP contribution in [0, 0.1) is 11.8 Å². The van der Waals surface area contributed by atoms with Crippen LogP contribution >= 0.6 is 0 Å². The van der Waals surface area contributed by atoms with Gasteiger partial charge in [0.2, 0.25) is 5.95 Å². The van der Waals surface area contributed by atoms with Crippen molar-refractivity contribution in [2.24, 2.45) is 11.8 Å². The Labute approximate surface area is 286 Å². The van der Waals surface area contributed by atoms with Crippen LogP contribution in [0.15, 0.2) is 42.7 Å². The molecular weight excluding hydrogens is 598 g/mol. The standard InChI is InChI=1S/C39H55N7O2/c1-3-34(27-16-18-28(19-17-27)38(47)48)42-39-43-35-21-20-29(26-10-6-5-7-11-26)22-33(35)37(44-39)41-36(30-23-40-45(4-2)24-30)25-46-31-12-8-13-32(46)15-9-14-31/h5-7,10-11,23-24,27-29,31-32,34,36H,3-4,8-9,12-22,25H2,1-2H3,(H,47,48)(H2,41,42,43,44)/t27?,28?,29-,31?,32?,34-,36+/m1/s1. The van der Waals surface area contributed by atoms with E-state index in [4.69, 9.17) is 15.1 Å². The van der Waals surface area contributed by atoms with Gasteiger partial charge in [-0.3, -0.25) is 14.4 Å². The number of carboxylic acids is 1. The quantitative estimate of drug-likeness (QED) is 0.183. The van der Waals surface area contributed by atoms with Crippen molar-refractivity contribution in [1.82, 2.24) is 24.6 Å². The zero-order chi connectivity index (χ0) is 33.0. The fraction of sp³-hybridized carbons (Fsp3) is 0.641. The highest BCUT2D eigenvalue weighted by atomic mass is 16.4. The number of nitrogens with one attached hydrogen (secondary N) is 2. The molecule has 0 unspecified atom stereocenters. The third kappa shape index (κ3) is 7.26. The second-order valence-corrected chi connectivity index (χ2v) is 15.0. The Hall–Kier alpha value is -3.46. The molecule has 3 atom stereocenters. The van der Waals surface area contributed by atoms with E-state index in [0.29, 0.717) is 29.9 Å². The minimum absolute atomic E-state index is 0.0729. The first-order valence-electron chi connectivity index (χ1n) is 19.0. The third-order valence-electron chi connectivity index (χ3n) is 12.2. The van der Waals surface area contributed by atoms with Gasteiger partial charge >= 0.3 is 5.97 Å². The fourth-order valence-corrected chi connectivity index (χ4v) is 9.36. The van der Waals surface area contributed by atoms with Crippen molar-refractivity contribution in [2.45, 2.75) is 140 Å². The number of hydrogen-bond donors (Lipinski definition) is 3. The van der Waals surface area contributed by atoms with Gasteiger partial charge in [-0.15, -0.1) is 0 Å². The Morgan fingerprint density at radius 1 is 0.938 bits per heavy atom. The molecule has 48 heavy (non-hydrogen) atoms. The molecule has 3 aromatic rings. The molecule has 3 fully saturated rings. The number of carbonyl (C=O) groups is 1. The number of nitrogens with zero attached hydrogens (tertiary/aromatic N) is 5. The van der Waals surface area contributed by atoms with Crippen LogP contribution in [-0.2, 0) is 24.2 Å². The number of aromatic nitrogens is 4. The normalized spacial score (nSPS) is 27.1. The van der Waals surface area contributed by atoms with Crippen LogP contribution in [0.2, 0.25) is 0 Å². The second kappa shape index (κ2) is 15.0. The maximum Gasteiger partial charge on any atom is 0.306 e. The lowest BCUT2D eigenvalue weighted by Crippen LogP contribution is -2.51. The fourth-order valence-electron chi connectivity index (χ4n) is 9.36. The van der Waals surface area contributed by atoms with Crippen LogP contribution in [0.3, 0.4) is 0 Å². The van der Waals surface area contributed by atoms with E-state index >= 15 is 0 Å². The van der Waals surface area contributed by atoms with Gasteiger partial charge < -0.3 is 15.7 Å². The molecule has 258 valence electrons. The number of rotatable bonds is 12. The molecule has 2 aliphatic carbocycles. The number of benzene rings is 1. The first-order chi connectivity index (χ1) is 23.5. The molecule has 1 aromatic carbocycles. The summed E-state index contributed by atoms with van der Waals surface area (Å²) in [7, 11) is 0. The number of aliphatic carboxylic acids is 1. The first kappa shape index (κ1) is 33.1. The summed E-state index contributed by atoms with van der Waals surface area (Å²) in [5, 5.41) is 22.1. The van der Waals surface area contributed by atoms with Gasteiger partial charge in [-0.25, -0.2) is 4.98 Å². The SMILES string of the molecule is CC[C@@H](Nc1nc2c(c(N[C@@H](CN3C4CCCC3CCC4)c3cnn(CC)c3)n1)C[C@H](c1ccccc1)CC2)C1CCC(C(=O)O)CC1. The number of fused-ring (bicyclic) bond motifs is 3. The molecule has 7 rings (SSSR count). The number of carboxylic acid groups (broad SMARTS) is 1. The molecule has 0 amide bonds. The van der Waals surface area contributed by atoms with Crippen LogP contribution in [0.1, 0.15) is 125 Å². The van der Waals surface area contributed by atoms with Crippen molar-refractivity contribution in [2.75, 3.05) is 17.2 Å². The molecule has 1 saturated carbocycles. The molecule has 9 nitrogen and oxygen atoms in total. The summed E-state index contributed by atoms with van der Waals surface area (Å²) in [5.74, 6) is 1.68. The summed E-state index contributed by atoms with van der Waals surface area (Å²) in [6, 6.07) is 12.6. The maximum atomic E-state index is 11.6. The van der Waals surface area contributed by atoms with Crippen molar-refractivity contribution in [3.63, 3.8) is 0 Å². The smallest absolute Gasteiger partial charge is 0.306 e. The second-order valence-electron chi connectivity index (χ2n) is 15.0. The van der Waals surface area contributed by atoms with Gasteiger partial charge in [-0.2, -0.15) is 10.1 Å². The average molecular weight is 654 g/mol. The molecule has 3 N–H and O–H groups in total. The van der Waals surface area contributed by atoms with Gasteiger partial charge in [0.25, 0.3) is 0 Å². The van der Waals surface area contributed by atoms with Gasteiger partial charge in [-0.1, -0.05) is 50.1 Å². The minimum atomic E-state index is -0.649. The van der Waals surface area contributed by atoms with Gasteiger partial charge in [0, 0.05) is 48.5 Å². The highest BCUT2D eigenvalue weighted by Crippen LogP contribution is 2.40. The summed E-state index contributed by atoms with van der Waals surface area (Å²) >= 11 is 0. The summed E-state index contributed by atoms with van der Waals surface area (Å²) in [5.41, 5.74) is 5.02. The molecule has 0 radical (unpaired) electrons. The molecular formula is C39H55N7O2. The van der Waals surface area contributed by atoms with Crippen LogP contribution < -0.4 is 10.6 Å². The minimum Gasteiger partial charge on any atom is -0.481 e. The van der Waals surface area contributed by atoms with Crippen molar-refractivity contribution >= 4 is 17.7 Å². The van der Waals surface area contributed by atoms with E-state index in [2.05, 4.69) is 72.1 Å². The Bertz CT molecular complexity index is 1500. The Balaban J connectivity index is 1.20. The highest BCUT2D eigenvalue weighted by molar-refractivity contribution is 5.70. The maximum absolute atomic E-state index is 11.6. The van der Waals surface area contributed by atoms with Crippen LogP contribution in [0.25, 0.3) is 0 Å². The highest BCUT2D eigenvalue weighted by Gasteiger charge is 2.37. The zero-order valence-corrected chi connectivity index (χ0v) is 29.0. The van der Waals surface area contributed by atoms with Gasteiger partial charge in [-0.05, 0) is 101 Å². The number of anilines is 2. The molecule has 9 heteroatoms. The number of aryl methyl sites for hydroxylation is 2. The molecule has 2 aliphatic heterocycles. The topological polar surface area (TPSA) is 108 Å². The van der Waals surface area contributed by atoms with Crippen molar-refractivity contribution < 1.29 is 9.90 Å². The Kier molecular flexibility index (Phi) is 10.3. The predicted molar refractivity (Wildman–Crippen MR) is 190 cm³/mol.